The van der Waals surface area contributed by atoms with Gasteiger partial charge in [-0.2, -0.15) is 0 Å². The average Bonchev–Trinajstić information content (AvgIpc) is 2.17. The van der Waals surface area contributed by atoms with Gasteiger partial charge in [0.1, 0.15) is 0 Å². The SMILES string of the molecule is O=C(O)CC1C=CC2=C(N1)OC=CC2. The van der Waals surface area contributed by atoms with Crippen LogP contribution in [0.4, 0.5) is 0 Å². The van der Waals surface area contributed by atoms with Gasteiger partial charge in [-0.1, -0.05) is 12.2 Å². The molecule has 2 heterocycles. The van der Waals surface area contributed by atoms with E-state index in [-0.39, 0.29) is 12.5 Å². The van der Waals surface area contributed by atoms with Crippen molar-refractivity contribution in [2.24, 2.45) is 0 Å². The lowest BCUT2D eigenvalue weighted by molar-refractivity contribution is -0.137. The van der Waals surface area contributed by atoms with Crippen LogP contribution in [0.15, 0.2) is 35.9 Å². The lowest BCUT2D eigenvalue weighted by Gasteiger charge is -2.24. The maximum Gasteiger partial charge on any atom is 0.305 e. The molecule has 0 aromatic heterocycles. The van der Waals surface area contributed by atoms with Gasteiger partial charge in [-0.05, 0) is 12.5 Å². The molecular formula is C10H11NO3. The Kier molecular flexibility index (Phi) is 2.26. The fraction of sp³-hybridized carbons (Fsp3) is 0.300. The van der Waals surface area contributed by atoms with Crippen molar-refractivity contribution in [2.45, 2.75) is 18.9 Å². The Hall–Kier alpha value is -1.71. The first-order valence-corrected chi connectivity index (χ1v) is 4.47. The summed E-state index contributed by atoms with van der Waals surface area (Å²) >= 11 is 0. The number of carboxylic acid groups (broad SMARTS) is 1. The topological polar surface area (TPSA) is 58.6 Å². The highest BCUT2D eigenvalue weighted by Crippen LogP contribution is 2.21. The lowest BCUT2D eigenvalue weighted by atomic mass is 10.0. The minimum absolute atomic E-state index is 0.0698. The van der Waals surface area contributed by atoms with E-state index in [1.54, 1.807) is 6.26 Å². The van der Waals surface area contributed by atoms with Crippen LogP contribution in [0.5, 0.6) is 0 Å². The summed E-state index contributed by atoms with van der Waals surface area (Å²) in [5, 5.41) is 11.6. The van der Waals surface area contributed by atoms with E-state index in [0.29, 0.717) is 5.88 Å². The van der Waals surface area contributed by atoms with Gasteiger partial charge in [0.2, 0.25) is 0 Å². The quantitative estimate of drug-likeness (QED) is 0.690. The molecule has 1 unspecified atom stereocenters. The molecule has 4 nitrogen and oxygen atoms in total. The Morgan fingerprint density at radius 3 is 3.36 bits per heavy atom. The smallest absolute Gasteiger partial charge is 0.305 e. The van der Waals surface area contributed by atoms with Crippen molar-refractivity contribution in [3.8, 4) is 0 Å². The van der Waals surface area contributed by atoms with Crippen LogP contribution < -0.4 is 5.32 Å². The van der Waals surface area contributed by atoms with E-state index in [9.17, 15) is 4.79 Å². The van der Waals surface area contributed by atoms with Gasteiger partial charge in [0.25, 0.3) is 0 Å². The third-order valence-electron chi connectivity index (χ3n) is 2.15. The summed E-state index contributed by atoms with van der Waals surface area (Å²) in [4.78, 5) is 10.5. The third kappa shape index (κ3) is 1.79. The van der Waals surface area contributed by atoms with Gasteiger partial charge in [-0.15, -0.1) is 0 Å². The van der Waals surface area contributed by atoms with Crippen molar-refractivity contribution in [2.75, 3.05) is 0 Å². The number of nitrogens with one attached hydrogen (secondary N) is 1. The van der Waals surface area contributed by atoms with E-state index in [4.69, 9.17) is 9.84 Å². The van der Waals surface area contributed by atoms with Gasteiger partial charge in [0.05, 0.1) is 18.7 Å². The standard InChI is InChI=1S/C10H11NO3/c12-9(13)6-8-4-3-7-2-1-5-14-10(7)11-8/h1,3-5,8,11H,2,6H2,(H,12,13). The van der Waals surface area contributed by atoms with E-state index in [2.05, 4.69) is 5.32 Å². The highest BCUT2D eigenvalue weighted by Gasteiger charge is 2.19. The number of hydrogen-bond acceptors (Lipinski definition) is 3. The molecule has 0 saturated heterocycles. The molecule has 1 atom stereocenters. The van der Waals surface area contributed by atoms with Crippen molar-refractivity contribution >= 4 is 5.97 Å². The first-order chi connectivity index (χ1) is 6.75. The number of allylic oxidation sites excluding steroid dienone is 3. The summed E-state index contributed by atoms with van der Waals surface area (Å²) < 4.78 is 5.24. The number of hydrogen-bond donors (Lipinski definition) is 2. The second-order valence-corrected chi connectivity index (χ2v) is 3.26. The van der Waals surface area contributed by atoms with Crippen LogP contribution in [0.25, 0.3) is 0 Å². The molecule has 0 aliphatic carbocycles. The first kappa shape index (κ1) is 8.87. The average molecular weight is 193 g/mol. The van der Waals surface area contributed by atoms with Crippen molar-refractivity contribution < 1.29 is 14.6 Å². The maximum atomic E-state index is 10.5. The van der Waals surface area contributed by atoms with Crippen molar-refractivity contribution in [1.29, 1.82) is 0 Å². The van der Waals surface area contributed by atoms with E-state index < -0.39 is 5.97 Å². The molecule has 2 aliphatic heterocycles. The minimum Gasteiger partial charge on any atom is -0.481 e. The third-order valence-corrected chi connectivity index (χ3v) is 2.15. The Morgan fingerprint density at radius 2 is 2.57 bits per heavy atom. The van der Waals surface area contributed by atoms with Gasteiger partial charge in [0.15, 0.2) is 5.88 Å². The molecule has 0 bridgehead atoms. The number of dihydropyridines is 1. The normalized spacial score (nSPS) is 23.9. The molecule has 0 amide bonds. The van der Waals surface area contributed by atoms with Crippen LogP contribution in [0.3, 0.4) is 0 Å². The highest BCUT2D eigenvalue weighted by atomic mass is 16.5. The minimum atomic E-state index is -0.817. The van der Waals surface area contributed by atoms with E-state index in [1.165, 1.54) is 0 Å². The number of aliphatic carboxylic acids is 1. The Balaban J connectivity index is 2.03. The number of ether oxygens (including phenoxy) is 1. The van der Waals surface area contributed by atoms with Crippen LogP contribution in [0, 0.1) is 0 Å². The second-order valence-electron chi connectivity index (χ2n) is 3.26. The van der Waals surface area contributed by atoms with Crippen LogP contribution in [-0.2, 0) is 9.53 Å². The Labute approximate surface area is 81.6 Å². The summed E-state index contributed by atoms with van der Waals surface area (Å²) in [6.07, 6.45) is 8.21. The summed E-state index contributed by atoms with van der Waals surface area (Å²) in [7, 11) is 0. The van der Waals surface area contributed by atoms with Gasteiger partial charge >= 0.3 is 5.97 Å². The monoisotopic (exact) mass is 193 g/mol. The number of carbonyl (C=O) groups is 1. The molecule has 0 spiro atoms. The van der Waals surface area contributed by atoms with Crippen LogP contribution >= 0.6 is 0 Å². The van der Waals surface area contributed by atoms with Crippen LogP contribution in [0.2, 0.25) is 0 Å². The molecule has 0 fully saturated rings. The Morgan fingerprint density at radius 1 is 1.71 bits per heavy atom. The predicted octanol–water partition coefficient (Wildman–Crippen LogP) is 1.13. The fourth-order valence-electron chi connectivity index (χ4n) is 1.49. The molecule has 2 rings (SSSR count). The largest absolute Gasteiger partial charge is 0.481 e. The molecular weight excluding hydrogens is 182 g/mol. The number of carboxylic acids is 1. The second kappa shape index (κ2) is 3.57. The zero-order valence-electron chi connectivity index (χ0n) is 7.56. The molecule has 2 N–H and O–H groups in total. The Bertz CT molecular complexity index is 341. The first-order valence-electron chi connectivity index (χ1n) is 4.47. The summed E-state index contributed by atoms with van der Waals surface area (Å²) in [5.74, 6) is -0.135. The van der Waals surface area contributed by atoms with Gasteiger partial charge in [0, 0.05) is 5.57 Å². The molecule has 74 valence electrons. The zero-order chi connectivity index (χ0) is 9.97. The van der Waals surface area contributed by atoms with Crippen molar-refractivity contribution in [3.63, 3.8) is 0 Å². The molecule has 0 saturated carbocycles. The maximum absolute atomic E-state index is 10.5. The molecule has 0 aromatic carbocycles. The molecule has 14 heavy (non-hydrogen) atoms. The predicted molar refractivity (Wildman–Crippen MR) is 50.2 cm³/mol. The fourth-order valence-corrected chi connectivity index (χ4v) is 1.49. The van der Waals surface area contributed by atoms with Crippen molar-refractivity contribution in [3.05, 3.63) is 35.9 Å². The zero-order valence-corrected chi connectivity index (χ0v) is 7.56. The molecule has 4 heteroatoms. The molecule has 0 aromatic rings. The summed E-state index contributed by atoms with van der Waals surface area (Å²) in [6.45, 7) is 0. The van der Waals surface area contributed by atoms with Crippen LogP contribution in [-0.4, -0.2) is 17.1 Å². The summed E-state index contributed by atoms with van der Waals surface area (Å²) in [6, 6.07) is -0.169. The molecule has 2 aliphatic rings. The van der Waals surface area contributed by atoms with E-state index in [0.717, 1.165) is 12.0 Å². The number of rotatable bonds is 2. The highest BCUT2D eigenvalue weighted by molar-refractivity contribution is 5.68. The molecule has 0 radical (unpaired) electrons. The van der Waals surface area contributed by atoms with E-state index >= 15 is 0 Å². The van der Waals surface area contributed by atoms with Crippen LogP contribution in [0.1, 0.15) is 12.8 Å². The van der Waals surface area contributed by atoms with Gasteiger partial charge in [-0.3, -0.25) is 4.79 Å². The summed E-state index contributed by atoms with van der Waals surface area (Å²) in [5.41, 5.74) is 1.06. The lowest BCUT2D eigenvalue weighted by Crippen LogP contribution is -2.33. The van der Waals surface area contributed by atoms with Gasteiger partial charge < -0.3 is 15.2 Å². The van der Waals surface area contributed by atoms with Gasteiger partial charge in [-0.25, -0.2) is 0 Å². The van der Waals surface area contributed by atoms with Crippen molar-refractivity contribution in [1.82, 2.24) is 5.32 Å². The van der Waals surface area contributed by atoms with E-state index in [1.807, 2.05) is 18.2 Å².